The molecule has 19 heavy (non-hydrogen) atoms. The molecule has 0 aliphatic carbocycles. The zero-order chi connectivity index (χ0) is 14.0. The predicted molar refractivity (Wildman–Crippen MR) is 69.0 cm³/mol. The molecule has 2 atom stereocenters. The van der Waals surface area contributed by atoms with Gasteiger partial charge in [0.15, 0.2) is 0 Å². The van der Waals surface area contributed by atoms with Crippen LogP contribution in [-0.4, -0.2) is 41.3 Å². The van der Waals surface area contributed by atoms with Crippen LogP contribution in [0.2, 0.25) is 0 Å². The average Bonchev–Trinajstić information content (AvgIpc) is 2.80. The number of carbonyl (C=O) groups is 2. The van der Waals surface area contributed by atoms with Gasteiger partial charge >= 0.3 is 5.97 Å². The minimum atomic E-state index is -0.999. The van der Waals surface area contributed by atoms with Gasteiger partial charge in [0.25, 0.3) is 5.91 Å². The summed E-state index contributed by atoms with van der Waals surface area (Å²) in [6.45, 7) is 0.261. The van der Waals surface area contributed by atoms with Crippen molar-refractivity contribution in [2.45, 2.75) is 6.04 Å². The number of aromatic hydroxyl groups is 1. The van der Waals surface area contributed by atoms with Crippen LogP contribution < -0.4 is 5.32 Å². The summed E-state index contributed by atoms with van der Waals surface area (Å²) in [6.07, 6.45) is 0. The number of carboxylic acid groups (broad SMARTS) is 1. The summed E-state index contributed by atoms with van der Waals surface area (Å²) < 4.78 is 5.54. The highest BCUT2D eigenvalue weighted by molar-refractivity contribution is 9.10. The van der Waals surface area contributed by atoms with Crippen LogP contribution in [0, 0.1) is 5.92 Å². The molecule has 1 amide bonds. The maximum atomic E-state index is 11.9. The second-order valence-electron chi connectivity index (χ2n) is 4.23. The van der Waals surface area contributed by atoms with E-state index in [1.165, 1.54) is 12.1 Å². The Bertz CT molecular complexity index is 519. The van der Waals surface area contributed by atoms with Crippen molar-refractivity contribution in [1.82, 2.24) is 5.32 Å². The largest absolute Gasteiger partial charge is 0.507 e. The van der Waals surface area contributed by atoms with E-state index in [9.17, 15) is 14.7 Å². The van der Waals surface area contributed by atoms with Crippen LogP contribution in [0.1, 0.15) is 10.4 Å². The standard InChI is InChI=1S/C12H12BrNO5/c13-8-2-1-6(3-10(8)15)11(16)14-9-5-19-4-7(9)12(17)18/h1-3,7,9,15H,4-5H2,(H,14,16)(H,17,18). The lowest BCUT2D eigenvalue weighted by Gasteiger charge is -2.15. The Balaban J connectivity index is 2.08. The second kappa shape index (κ2) is 5.58. The summed E-state index contributed by atoms with van der Waals surface area (Å²) >= 11 is 3.12. The van der Waals surface area contributed by atoms with Crippen molar-refractivity contribution in [3.8, 4) is 5.75 Å². The van der Waals surface area contributed by atoms with Gasteiger partial charge in [0.05, 0.1) is 23.7 Å². The highest BCUT2D eigenvalue weighted by Gasteiger charge is 2.35. The van der Waals surface area contributed by atoms with Crippen molar-refractivity contribution in [3.63, 3.8) is 0 Å². The van der Waals surface area contributed by atoms with E-state index in [1.807, 2.05) is 0 Å². The summed E-state index contributed by atoms with van der Waals surface area (Å²) in [5.41, 5.74) is 0.261. The van der Waals surface area contributed by atoms with Gasteiger partial charge in [-0.1, -0.05) is 0 Å². The summed E-state index contributed by atoms with van der Waals surface area (Å²) in [5.74, 6) is -2.23. The quantitative estimate of drug-likeness (QED) is 0.768. The average molecular weight is 330 g/mol. The fraction of sp³-hybridized carbons (Fsp3) is 0.333. The first-order valence-electron chi connectivity index (χ1n) is 5.59. The number of halogens is 1. The van der Waals surface area contributed by atoms with Crippen LogP contribution >= 0.6 is 15.9 Å². The normalized spacial score (nSPS) is 22.2. The van der Waals surface area contributed by atoms with Gasteiger partial charge in [0.2, 0.25) is 0 Å². The molecular weight excluding hydrogens is 318 g/mol. The molecule has 6 nitrogen and oxygen atoms in total. The molecule has 1 aliphatic heterocycles. The van der Waals surface area contributed by atoms with Crippen molar-refractivity contribution in [2.75, 3.05) is 13.2 Å². The number of carboxylic acids is 1. The number of phenols is 1. The molecular formula is C12H12BrNO5. The molecule has 7 heteroatoms. The van der Waals surface area contributed by atoms with Gasteiger partial charge < -0.3 is 20.3 Å². The number of carbonyl (C=O) groups excluding carboxylic acids is 1. The number of nitrogens with one attached hydrogen (secondary N) is 1. The van der Waals surface area contributed by atoms with Gasteiger partial charge in [0, 0.05) is 5.56 Å². The molecule has 1 heterocycles. The van der Waals surface area contributed by atoms with E-state index < -0.39 is 23.8 Å². The van der Waals surface area contributed by atoms with E-state index in [-0.39, 0.29) is 24.5 Å². The van der Waals surface area contributed by atoms with Crippen LogP contribution in [0.3, 0.4) is 0 Å². The maximum Gasteiger partial charge on any atom is 0.311 e. The number of benzene rings is 1. The van der Waals surface area contributed by atoms with Crippen LogP contribution in [0.5, 0.6) is 5.75 Å². The molecule has 1 aromatic carbocycles. The fourth-order valence-electron chi connectivity index (χ4n) is 1.85. The van der Waals surface area contributed by atoms with E-state index in [0.717, 1.165) is 0 Å². The number of rotatable bonds is 3. The molecule has 102 valence electrons. The zero-order valence-electron chi connectivity index (χ0n) is 9.80. The molecule has 1 saturated heterocycles. The van der Waals surface area contributed by atoms with E-state index in [0.29, 0.717) is 4.47 Å². The van der Waals surface area contributed by atoms with Gasteiger partial charge in [0.1, 0.15) is 11.7 Å². The van der Waals surface area contributed by atoms with Crippen LogP contribution in [0.15, 0.2) is 22.7 Å². The topological polar surface area (TPSA) is 95.9 Å². The summed E-state index contributed by atoms with van der Waals surface area (Å²) in [4.78, 5) is 22.9. The molecule has 1 aromatic rings. The van der Waals surface area contributed by atoms with Crippen molar-refractivity contribution >= 4 is 27.8 Å². The van der Waals surface area contributed by atoms with Gasteiger partial charge in [-0.3, -0.25) is 9.59 Å². The number of hydrogen-bond donors (Lipinski definition) is 3. The van der Waals surface area contributed by atoms with E-state index in [1.54, 1.807) is 6.07 Å². The molecule has 3 N–H and O–H groups in total. The van der Waals surface area contributed by atoms with Crippen molar-refractivity contribution < 1.29 is 24.5 Å². The number of ether oxygens (including phenoxy) is 1. The lowest BCUT2D eigenvalue weighted by atomic mass is 10.0. The van der Waals surface area contributed by atoms with Crippen LogP contribution in [-0.2, 0) is 9.53 Å². The Labute approximate surface area is 117 Å². The molecule has 0 radical (unpaired) electrons. The molecule has 0 saturated carbocycles. The van der Waals surface area contributed by atoms with Gasteiger partial charge in [-0.05, 0) is 34.1 Å². The number of phenolic OH excluding ortho intramolecular Hbond substituents is 1. The second-order valence-corrected chi connectivity index (χ2v) is 5.08. The number of amides is 1. The third-order valence-electron chi connectivity index (χ3n) is 2.92. The van der Waals surface area contributed by atoms with E-state index in [2.05, 4.69) is 21.2 Å². The molecule has 1 aliphatic rings. The van der Waals surface area contributed by atoms with Crippen LogP contribution in [0.4, 0.5) is 0 Å². The molecule has 1 fully saturated rings. The Kier molecular flexibility index (Phi) is 4.06. The van der Waals surface area contributed by atoms with Crippen molar-refractivity contribution in [3.05, 3.63) is 28.2 Å². The highest BCUT2D eigenvalue weighted by atomic mass is 79.9. The van der Waals surface area contributed by atoms with Crippen LogP contribution in [0.25, 0.3) is 0 Å². The van der Waals surface area contributed by atoms with E-state index in [4.69, 9.17) is 9.84 Å². The first kappa shape index (κ1) is 13.8. The smallest absolute Gasteiger partial charge is 0.311 e. The fourth-order valence-corrected chi connectivity index (χ4v) is 2.09. The Morgan fingerprint density at radius 2 is 2.11 bits per heavy atom. The Morgan fingerprint density at radius 3 is 2.74 bits per heavy atom. The Morgan fingerprint density at radius 1 is 1.37 bits per heavy atom. The molecule has 0 spiro atoms. The third-order valence-corrected chi connectivity index (χ3v) is 3.59. The van der Waals surface area contributed by atoms with E-state index >= 15 is 0 Å². The van der Waals surface area contributed by atoms with Gasteiger partial charge in [-0.25, -0.2) is 0 Å². The Hall–Kier alpha value is -1.60. The summed E-state index contributed by atoms with van der Waals surface area (Å²) in [5, 5.41) is 21.1. The number of aliphatic carboxylic acids is 1. The first-order valence-corrected chi connectivity index (χ1v) is 6.38. The summed E-state index contributed by atoms with van der Waals surface area (Å²) in [7, 11) is 0. The predicted octanol–water partition coefficient (Wildman–Crippen LogP) is 0.984. The molecule has 0 aromatic heterocycles. The van der Waals surface area contributed by atoms with Gasteiger partial charge in [-0.2, -0.15) is 0 Å². The molecule has 2 unspecified atom stereocenters. The maximum absolute atomic E-state index is 11.9. The highest BCUT2D eigenvalue weighted by Crippen LogP contribution is 2.24. The number of hydrogen-bond acceptors (Lipinski definition) is 4. The van der Waals surface area contributed by atoms with Gasteiger partial charge in [-0.15, -0.1) is 0 Å². The summed E-state index contributed by atoms with van der Waals surface area (Å²) in [6, 6.07) is 3.83. The third kappa shape index (κ3) is 3.05. The molecule has 2 rings (SSSR count). The van der Waals surface area contributed by atoms with Crippen molar-refractivity contribution in [2.24, 2.45) is 5.92 Å². The SMILES string of the molecule is O=C(NC1COCC1C(=O)O)c1ccc(Br)c(O)c1. The minimum absolute atomic E-state index is 0.0508. The van der Waals surface area contributed by atoms with Crippen molar-refractivity contribution in [1.29, 1.82) is 0 Å². The zero-order valence-corrected chi connectivity index (χ0v) is 11.4. The lowest BCUT2D eigenvalue weighted by molar-refractivity contribution is -0.142. The monoisotopic (exact) mass is 329 g/mol. The molecule has 0 bridgehead atoms. The first-order chi connectivity index (χ1) is 8.99. The minimum Gasteiger partial charge on any atom is -0.507 e. The lowest BCUT2D eigenvalue weighted by Crippen LogP contribution is -2.42.